The summed E-state index contributed by atoms with van der Waals surface area (Å²) in [7, 11) is -0.415. The smallest absolute Gasteiger partial charge is 0.446 e. The number of rotatable bonds is 7. The van der Waals surface area contributed by atoms with Crippen molar-refractivity contribution in [3.05, 3.63) is 47.7 Å². The van der Waals surface area contributed by atoms with Gasteiger partial charge in [-0.05, 0) is 61.5 Å². The molecule has 2 N–H and O–H groups in total. The van der Waals surface area contributed by atoms with Crippen LogP contribution in [0.4, 0.5) is 23.2 Å². The van der Waals surface area contributed by atoms with Crippen molar-refractivity contribution in [3.63, 3.8) is 0 Å². The molecule has 1 amide bonds. The van der Waals surface area contributed by atoms with Gasteiger partial charge in [-0.1, -0.05) is 12.0 Å². The topological polar surface area (TPSA) is 101 Å². The molecule has 1 aromatic heterocycles. The zero-order valence-corrected chi connectivity index (χ0v) is 23.9. The van der Waals surface area contributed by atoms with Gasteiger partial charge >= 0.3 is 5.51 Å². The number of ether oxygens (including phenoxy) is 1. The molecule has 220 valence electrons. The largest absolute Gasteiger partial charge is 0.480 e. The van der Waals surface area contributed by atoms with Gasteiger partial charge in [-0.3, -0.25) is 4.79 Å². The number of likely N-dealkylation sites (tertiary alicyclic amines) is 1. The molecule has 0 spiro atoms. The predicted molar refractivity (Wildman–Crippen MR) is 148 cm³/mol. The molecule has 4 rings (SSSR count). The summed E-state index contributed by atoms with van der Waals surface area (Å²) in [4.78, 5) is 13.8. The van der Waals surface area contributed by atoms with E-state index >= 15 is 0 Å². The third kappa shape index (κ3) is 7.46. The Morgan fingerprint density at radius 1 is 1.27 bits per heavy atom. The van der Waals surface area contributed by atoms with Crippen molar-refractivity contribution in [2.24, 2.45) is 0 Å². The number of thioether (sulfide) groups is 1. The Morgan fingerprint density at radius 2 is 2.02 bits per heavy atom. The molecule has 1 aliphatic rings. The van der Waals surface area contributed by atoms with Crippen molar-refractivity contribution < 1.29 is 39.9 Å². The average molecular weight is 614 g/mol. The lowest BCUT2D eigenvalue weighted by Gasteiger charge is -2.33. The number of nitrogens with zero attached hydrogens (tertiary/aromatic N) is 1. The fourth-order valence-corrected chi connectivity index (χ4v) is 5.67. The lowest BCUT2D eigenvalue weighted by Crippen LogP contribution is -2.46. The van der Waals surface area contributed by atoms with E-state index in [0.29, 0.717) is 18.7 Å². The highest BCUT2D eigenvalue weighted by atomic mass is 32.2. The van der Waals surface area contributed by atoms with Crippen LogP contribution in [0.5, 0.6) is 5.75 Å². The van der Waals surface area contributed by atoms with Gasteiger partial charge in [0, 0.05) is 31.8 Å². The summed E-state index contributed by atoms with van der Waals surface area (Å²) < 4.78 is 90.1. The minimum absolute atomic E-state index is 0.0333. The number of hydrogen-bond acceptors (Lipinski definition) is 8. The maximum Gasteiger partial charge on any atom is 0.446 e. The summed E-state index contributed by atoms with van der Waals surface area (Å²) >= 11 is -0.369. The monoisotopic (exact) mass is 613 g/mol. The number of alkyl halides is 4. The third-order valence-electron chi connectivity index (χ3n) is 6.33. The van der Waals surface area contributed by atoms with Crippen LogP contribution in [-0.2, 0) is 9.84 Å². The number of furan rings is 1. The fraction of sp³-hybridized carbons (Fsp3) is 0.370. The van der Waals surface area contributed by atoms with E-state index in [9.17, 15) is 30.8 Å². The Bertz CT molecular complexity index is 1610. The van der Waals surface area contributed by atoms with Crippen LogP contribution >= 0.6 is 11.8 Å². The first-order chi connectivity index (χ1) is 19.3. The quantitative estimate of drug-likeness (QED) is 0.225. The Labute approximate surface area is 238 Å². The third-order valence-corrected chi connectivity index (χ3v) is 8.28. The van der Waals surface area contributed by atoms with Gasteiger partial charge in [-0.15, -0.1) is 0 Å². The first-order valence-electron chi connectivity index (χ1n) is 12.3. The second-order valence-corrected chi connectivity index (χ2v) is 12.5. The highest BCUT2D eigenvalue weighted by Crippen LogP contribution is 2.45. The van der Waals surface area contributed by atoms with Gasteiger partial charge in [0.1, 0.15) is 18.5 Å². The van der Waals surface area contributed by atoms with E-state index < -0.39 is 33.5 Å². The van der Waals surface area contributed by atoms with Gasteiger partial charge in [-0.25, -0.2) is 12.8 Å². The van der Waals surface area contributed by atoms with Gasteiger partial charge in [0.25, 0.3) is 5.91 Å². The van der Waals surface area contributed by atoms with Crippen molar-refractivity contribution in [3.8, 4) is 17.6 Å². The number of carbonyl (C=O) groups excluding carboxylic acids is 1. The fourth-order valence-electron chi connectivity index (χ4n) is 4.34. The second-order valence-electron chi connectivity index (χ2n) is 9.41. The number of amides is 1. The van der Waals surface area contributed by atoms with E-state index in [1.54, 1.807) is 12.1 Å². The molecule has 14 heteroatoms. The van der Waals surface area contributed by atoms with Crippen LogP contribution in [0, 0.1) is 11.8 Å². The summed E-state index contributed by atoms with van der Waals surface area (Å²) in [6, 6.07) is 7.84. The Morgan fingerprint density at radius 3 is 2.68 bits per heavy atom. The summed E-state index contributed by atoms with van der Waals surface area (Å²) in [5.41, 5.74) is -4.21. The number of nitrogens with one attached hydrogen (secondary N) is 2. The van der Waals surface area contributed by atoms with E-state index in [1.165, 1.54) is 25.2 Å². The second kappa shape index (κ2) is 12.2. The maximum absolute atomic E-state index is 14.6. The molecule has 2 aromatic carbocycles. The van der Waals surface area contributed by atoms with Crippen LogP contribution in [0.2, 0.25) is 0 Å². The van der Waals surface area contributed by atoms with Crippen molar-refractivity contribution in [2.75, 3.05) is 45.4 Å². The van der Waals surface area contributed by atoms with Crippen molar-refractivity contribution in [1.29, 1.82) is 0 Å². The number of carbonyl (C=O) groups is 1. The predicted octanol–water partition coefficient (Wildman–Crippen LogP) is 4.69. The molecule has 2 heterocycles. The minimum Gasteiger partial charge on any atom is -0.480 e. The number of halogens is 4. The maximum atomic E-state index is 14.6. The SMILES string of the molecule is CNC(=O)c1cc(S(C)(=O)=O)ccc1OCC#Cc1oc2c(N[C@@H]3CCN(C)C[C@@H]3F)cccc2c1SC(F)(F)F. The van der Waals surface area contributed by atoms with Crippen LogP contribution in [0.3, 0.4) is 0 Å². The van der Waals surface area contributed by atoms with Crippen molar-refractivity contribution >= 4 is 44.2 Å². The number of piperidine rings is 1. The molecule has 0 saturated carbocycles. The lowest BCUT2D eigenvalue weighted by atomic mass is 10.0. The first-order valence-corrected chi connectivity index (χ1v) is 15.1. The summed E-state index contributed by atoms with van der Waals surface area (Å²) in [5.74, 6) is 4.35. The molecule has 0 aliphatic carbocycles. The van der Waals surface area contributed by atoms with Crippen LogP contribution in [0.1, 0.15) is 22.5 Å². The molecule has 0 bridgehead atoms. The molecule has 8 nitrogen and oxygen atoms in total. The van der Waals surface area contributed by atoms with Gasteiger partial charge in [0.15, 0.2) is 21.2 Å². The first kappa shape index (κ1) is 30.5. The van der Waals surface area contributed by atoms with Crippen molar-refractivity contribution in [1.82, 2.24) is 10.2 Å². The highest BCUT2D eigenvalue weighted by molar-refractivity contribution is 8.00. The number of sulfone groups is 1. The number of para-hydroxylation sites is 1. The van der Waals surface area contributed by atoms with Crippen LogP contribution in [0.15, 0.2) is 50.6 Å². The molecular weight excluding hydrogens is 586 g/mol. The number of fused-ring (bicyclic) bond motifs is 1. The summed E-state index contributed by atoms with van der Waals surface area (Å²) in [6.07, 6.45) is 0.327. The number of benzene rings is 2. The molecule has 41 heavy (non-hydrogen) atoms. The molecule has 0 unspecified atom stereocenters. The van der Waals surface area contributed by atoms with Gasteiger partial charge < -0.3 is 24.7 Å². The van der Waals surface area contributed by atoms with Crippen molar-refractivity contribution in [2.45, 2.75) is 33.9 Å². The van der Waals surface area contributed by atoms with Crippen LogP contribution in [-0.4, -0.2) is 77.0 Å². The van der Waals surface area contributed by atoms with Gasteiger partial charge in [0.2, 0.25) is 0 Å². The van der Waals surface area contributed by atoms with E-state index in [4.69, 9.17) is 9.15 Å². The van der Waals surface area contributed by atoms with E-state index in [1.807, 2.05) is 11.9 Å². The van der Waals surface area contributed by atoms with Crippen LogP contribution < -0.4 is 15.4 Å². The minimum atomic E-state index is -4.63. The standard InChI is InChI=1S/C27H27F4N3O5S2/c1-32-26(35)18-14-16(41(3,36)37)9-10-22(18)38-13-5-8-23-25(40-27(29,30)31)17-6-4-7-21(24(17)39-23)33-20-11-12-34(2)15-19(20)28/h4,6-7,9-10,14,19-20,33H,11-13,15H2,1-3H3,(H,32,35)/t19-,20+/m0/s1. The number of hydrogen-bond donors (Lipinski definition) is 2. The van der Waals surface area contributed by atoms with Crippen LogP contribution in [0.25, 0.3) is 11.0 Å². The molecule has 1 aliphatic heterocycles. The zero-order valence-electron chi connectivity index (χ0n) is 22.3. The molecule has 1 fully saturated rings. The Balaban J connectivity index is 1.63. The average Bonchev–Trinajstić information content (AvgIpc) is 3.23. The normalized spacial score (nSPS) is 18.0. The van der Waals surface area contributed by atoms with Gasteiger partial charge in [0.05, 0.1) is 27.1 Å². The molecule has 1 saturated heterocycles. The highest BCUT2D eigenvalue weighted by Gasteiger charge is 2.34. The Kier molecular flexibility index (Phi) is 9.10. The zero-order chi connectivity index (χ0) is 29.9. The summed E-state index contributed by atoms with van der Waals surface area (Å²) in [6.45, 7) is 0.548. The van der Waals surface area contributed by atoms with E-state index in [0.717, 1.165) is 12.3 Å². The molecule has 2 atom stereocenters. The molecule has 3 aromatic rings. The summed E-state index contributed by atoms with van der Waals surface area (Å²) in [5, 5.41) is 5.65. The molecular formula is C27H27F4N3O5S2. The number of anilines is 1. The Hall–Kier alpha value is -3.41. The van der Waals surface area contributed by atoms with Gasteiger partial charge in [-0.2, -0.15) is 13.2 Å². The van der Waals surface area contributed by atoms with E-state index in [2.05, 4.69) is 22.5 Å². The molecule has 0 radical (unpaired) electrons. The lowest BCUT2D eigenvalue weighted by molar-refractivity contribution is -0.0328. The van der Waals surface area contributed by atoms with E-state index in [-0.39, 0.29) is 62.7 Å².